The number of hydrogen-bond acceptors (Lipinski definition) is 6. The second-order valence-corrected chi connectivity index (χ2v) is 8.69. The lowest BCUT2D eigenvalue weighted by Gasteiger charge is -2.33. The number of carbonyl (C=O) groups excluding carboxylic acids is 4. The van der Waals surface area contributed by atoms with E-state index in [4.69, 9.17) is 9.47 Å². The molecule has 1 aromatic carbocycles. The lowest BCUT2D eigenvalue weighted by atomic mass is 9.97. The van der Waals surface area contributed by atoms with Gasteiger partial charge in [0.2, 0.25) is 11.8 Å². The van der Waals surface area contributed by atoms with Gasteiger partial charge in [0.25, 0.3) is 0 Å². The van der Waals surface area contributed by atoms with Gasteiger partial charge in [-0.05, 0) is 31.2 Å². The Labute approximate surface area is 201 Å². The lowest BCUT2D eigenvalue weighted by molar-refractivity contribution is -0.152. The molecule has 0 radical (unpaired) electrons. The average molecular weight is 476 g/mol. The number of benzene rings is 1. The van der Waals surface area contributed by atoms with Crippen molar-refractivity contribution in [2.24, 2.45) is 11.8 Å². The van der Waals surface area contributed by atoms with Gasteiger partial charge in [0, 0.05) is 20.1 Å². The zero-order valence-corrected chi connectivity index (χ0v) is 20.6. The molecule has 1 fully saturated rings. The van der Waals surface area contributed by atoms with Crippen LogP contribution in [0.3, 0.4) is 0 Å². The summed E-state index contributed by atoms with van der Waals surface area (Å²) >= 11 is 0. The van der Waals surface area contributed by atoms with E-state index in [-0.39, 0.29) is 42.8 Å². The Morgan fingerprint density at radius 3 is 2.50 bits per heavy atom. The van der Waals surface area contributed by atoms with Gasteiger partial charge in [-0.2, -0.15) is 0 Å². The van der Waals surface area contributed by atoms with Crippen LogP contribution >= 0.6 is 0 Å². The molecule has 2 rings (SSSR count). The maximum absolute atomic E-state index is 13.1. The molecule has 0 bridgehead atoms. The number of amides is 3. The highest BCUT2D eigenvalue weighted by atomic mass is 16.5. The monoisotopic (exact) mass is 475 g/mol. The molecule has 1 heterocycles. The number of rotatable bonds is 10. The van der Waals surface area contributed by atoms with Gasteiger partial charge in [-0.25, -0.2) is 4.79 Å². The molecule has 9 heteroatoms. The molecule has 3 atom stereocenters. The normalized spacial score (nSPS) is 17.3. The number of nitrogens with one attached hydrogen (secondary N) is 1. The summed E-state index contributed by atoms with van der Waals surface area (Å²) in [6.07, 6.45) is 1.36. The number of carbonyl (C=O) groups is 4. The van der Waals surface area contributed by atoms with Crippen LogP contribution in [0, 0.1) is 11.8 Å². The van der Waals surface area contributed by atoms with Gasteiger partial charge in [-0.1, -0.05) is 50.6 Å². The van der Waals surface area contributed by atoms with Crippen molar-refractivity contribution in [3.63, 3.8) is 0 Å². The number of ether oxygens (including phenoxy) is 2. The summed E-state index contributed by atoms with van der Waals surface area (Å²) in [5, 5.41) is 2.67. The predicted molar refractivity (Wildman–Crippen MR) is 127 cm³/mol. The molecule has 188 valence electrons. The van der Waals surface area contributed by atoms with Crippen LogP contribution in [-0.2, 0) is 30.5 Å². The van der Waals surface area contributed by atoms with Crippen LogP contribution in [0.4, 0.5) is 4.79 Å². The SMILES string of the molecule is CCOC(=O)C1CCCN(C(=O)CN(C)C(=O)[C@@H](NC(=O)OCc2ccccc2)[C@@H](C)CC)C1. The van der Waals surface area contributed by atoms with Crippen molar-refractivity contribution in [1.82, 2.24) is 15.1 Å². The van der Waals surface area contributed by atoms with Crippen molar-refractivity contribution in [3.05, 3.63) is 35.9 Å². The first kappa shape index (κ1) is 27.1. The Morgan fingerprint density at radius 2 is 1.85 bits per heavy atom. The molecule has 1 saturated heterocycles. The molecule has 1 aromatic rings. The molecule has 1 unspecified atom stereocenters. The van der Waals surface area contributed by atoms with Gasteiger partial charge in [-0.15, -0.1) is 0 Å². The summed E-state index contributed by atoms with van der Waals surface area (Å²) in [7, 11) is 1.54. The molecule has 1 aliphatic rings. The second kappa shape index (κ2) is 13.6. The standard InChI is InChI=1S/C25H37N3O6/c1-5-18(3)22(26-25(32)34-17-19-11-8-7-9-12-19)23(30)27(4)16-21(29)28-14-10-13-20(15-28)24(31)33-6-2/h7-9,11-12,18,20,22H,5-6,10,13-17H2,1-4H3,(H,26,32)/t18-,20?,22-/m0/s1. The predicted octanol–water partition coefficient (Wildman–Crippen LogP) is 2.59. The number of esters is 1. The number of hydrogen-bond donors (Lipinski definition) is 1. The maximum atomic E-state index is 13.1. The average Bonchev–Trinajstić information content (AvgIpc) is 2.85. The first-order chi connectivity index (χ1) is 16.3. The number of nitrogens with zero attached hydrogens (tertiary/aromatic N) is 2. The van der Waals surface area contributed by atoms with E-state index >= 15 is 0 Å². The van der Waals surface area contributed by atoms with Gasteiger partial charge >= 0.3 is 12.1 Å². The fourth-order valence-electron chi connectivity index (χ4n) is 3.85. The molecular formula is C25H37N3O6. The Bertz CT molecular complexity index is 831. The van der Waals surface area contributed by atoms with Gasteiger partial charge in [0.15, 0.2) is 0 Å². The topological polar surface area (TPSA) is 105 Å². The summed E-state index contributed by atoms with van der Waals surface area (Å²) < 4.78 is 10.4. The van der Waals surface area contributed by atoms with Crippen molar-refractivity contribution in [2.75, 3.05) is 33.3 Å². The lowest BCUT2D eigenvalue weighted by Crippen LogP contribution is -2.53. The number of likely N-dealkylation sites (N-methyl/N-ethyl adjacent to an activating group) is 1. The van der Waals surface area contributed by atoms with Gasteiger partial charge in [0.1, 0.15) is 12.6 Å². The molecule has 0 aliphatic carbocycles. The second-order valence-electron chi connectivity index (χ2n) is 8.69. The third-order valence-corrected chi connectivity index (χ3v) is 6.11. The molecule has 1 aliphatic heterocycles. The highest BCUT2D eigenvalue weighted by Gasteiger charge is 2.33. The Balaban J connectivity index is 1.94. The van der Waals surface area contributed by atoms with E-state index in [1.807, 2.05) is 44.2 Å². The van der Waals surface area contributed by atoms with E-state index in [1.54, 1.807) is 18.9 Å². The quantitative estimate of drug-likeness (QED) is 0.522. The van der Waals surface area contributed by atoms with Crippen molar-refractivity contribution in [2.45, 2.75) is 52.7 Å². The first-order valence-electron chi connectivity index (χ1n) is 11.9. The fourth-order valence-corrected chi connectivity index (χ4v) is 3.85. The van der Waals surface area contributed by atoms with E-state index in [0.717, 1.165) is 5.56 Å². The Hall–Kier alpha value is -3.10. The summed E-state index contributed by atoms with van der Waals surface area (Å²) in [4.78, 5) is 53.4. The van der Waals surface area contributed by atoms with E-state index in [9.17, 15) is 19.2 Å². The number of alkyl carbamates (subject to hydrolysis) is 1. The van der Waals surface area contributed by atoms with Crippen LogP contribution in [0.2, 0.25) is 0 Å². The minimum absolute atomic E-state index is 0.0962. The van der Waals surface area contributed by atoms with Crippen molar-refractivity contribution >= 4 is 23.9 Å². The zero-order valence-electron chi connectivity index (χ0n) is 20.6. The summed E-state index contributed by atoms with van der Waals surface area (Å²) in [6.45, 7) is 6.64. The Kier molecular flexibility index (Phi) is 10.8. The van der Waals surface area contributed by atoms with Gasteiger partial charge in [-0.3, -0.25) is 14.4 Å². The highest BCUT2D eigenvalue weighted by molar-refractivity contribution is 5.89. The zero-order chi connectivity index (χ0) is 25.1. The third-order valence-electron chi connectivity index (χ3n) is 6.11. The largest absolute Gasteiger partial charge is 0.466 e. The highest BCUT2D eigenvalue weighted by Crippen LogP contribution is 2.18. The molecular weight excluding hydrogens is 438 g/mol. The molecule has 9 nitrogen and oxygen atoms in total. The van der Waals surface area contributed by atoms with Crippen LogP contribution in [0.25, 0.3) is 0 Å². The van der Waals surface area contributed by atoms with Crippen molar-refractivity contribution < 1.29 is 28.7 Å². The van der Waals surface area contributed by atoms with Crippen LogP contribution in [0.15, 0.2) is 30.3 Å². The van der Waals surface area contributed by atoms with Crippen LogP contribution in [0.5, 0.6) is 0 Å². The van der Waals surface area contributed by atoms with E-state index in [0.29, 0.717) is 39.0 Å². The van der Waals surface area contributed by atoms with Gasteiger partial charge in [0.05, 0.1) is 19.1 Å². The fraction of sp³-hybridized carbons (Fsp3) is 0.600. The maximum Gasteiger partial charge on any atom is 0.408 e. The van der Waals surface area contributed by atoms with Crippen LogP contribution in [0.1, 0.15) is 45.6 Å². The molecule has 0 aromatic heterocycles. The van der Waals surface area contributed by atoms with E-state index in [2.05, 4.69) is 5.32 Å². The molecule has 0 saturated carbocycles. The summed E-state index contributed by atoms with van der Waals surface area (Å²) in [5.74, 6) is -1.39. The van der Waals surface area contributed by atoms with Crippen molar-refractivity contribution in [3.8, 4) is 0 Å². The molecule has 0 spiro atoms. The summed E-state index contributed by atoms with van der Waals surface area (Å²) in [5.41, 5.74) is 0.842. The molecule has 1 N–H and O–H groups in total. The first-order valence-corrected chi connectivity index (χ1v) is 11.9. The molecule has 3 amide bonds. The van der Waals surface area contributed by atoms with Crippen molar-refractivity contribution in [1.29, 1.82) is 0 Å². The number of likely N-dealkylation sites (tertiary alicyclic amines) is 1. The minimum atomic E-state index is -0.820. The Morgan fingerprint density at radius 1 is 1.15 bits per heavy atom. The third kappa shape index (κ3) is 8.04. The molecule has 34 heavy (non-hydrogen) atoms. The number of piperidine rings is 1. The van der Waals surface area contributed by atoms with Gasteiger partial charge < -0.3 is 24.6 Å². The van der Waals surface area contributed by atoms with E-state index < -0.39 is 12.1 Å². The van der Waals surface area contributed by atoms with Crippen LogP contribution in [-0.4, -0.2) is 73.0 Å². The smallest absolute Gasteiger partial charge is 0.408 e. The minimum Gasteiger partial charge on any atom is -0.466 e. The van der Waals surface area contributed by atoms with Crippen LogP contribution < -0.4 is 5.32 Å². The summed E-state index contributed by atoms with van der Waals surface area (Å²) in [6, 6.07) is 8.45. The van der Waals surface area contributed by atoms with E-state index in [1.165, 1.54) is 4.90 Å².